The minimum Gasteiger partial charge on any atom is -0.497 e. The number of carbonyl (C=O) groups is 2. The molecule has 0 N–H and O–H groups in total. The minimum absolute atomic E-state index is 0.360. The molecule has 144 valence electrons. The zero-order chi connectivity index (χ0) is 19.8. The van der Waals surface area contributed by atoms with E-state index in [0.29, 0.717) is 34.2 Å². The van der Waals surface area contributed by atoms with Crippen molar-refractivity contribution in [1.29, 1.82) is 0 Å². The number of rotatable bonds is 5. The van der Waals surface area contributed by atoms with Gasteiger partial charge in [0.1, 0.15) is 28.9 Å². The van der Waals surface area contributed by atoms with Gasteiger partial charge >= 0.3 is 0 Å². The second kappa shape index (κ2) is 6.88. The van der Waals surface area contributed by atoms with E-state index in [9.17, 15) is 9.59 Å². The van der Waals surface area contributed by atoms with Crippen LogP contribution in [0.1, 0.15) is 5.56 Å². The molecule has 4 rings (SSSR count). The normalized spacial score (nSPS) is 20.5. The molecule has 8 nitrogen and oxygen atoms in total. The van der Waals surface area contributed by atoms with Crippen molar-refractivity contribution in [2.24, 2.45) is 11.1 Å². The number of methoxy groups -OCH3 is 3. The van der Waals surface area contributed by atoms with Crippen LogP contribution < -0.4 is 19.1 Å². The number of anilines is 1. The summed E-state index contributed by atoms with van der Waals surface area (Å²) in [6.07, 6.45) is -0.989. The predicted octanol–water partition coefficient (Wildman–Crippen LogP) is 2.00. The van der Waals surface area contributed by atoms with Gasteiger partial charge < -0.3 is 19.0 Å². The largest absolute Gasteiger partial charge is 0.497 e. The van der Waals surface area contributed by atoms with Gasteiger partial charge in [-0.15, -0.1) is 0 Å². The summed E-state index contributed by atoms with van der Waals surface area (Å²) < 4.78 is 15.7. The van der Waals surface area contributed by atoms with Crippen LogP contribution in [0, 0.1) is 5.92 Å². The molecule has 0 aromatic heterocycles. The van der Waals surface area contributed by atoms with Gasteiger partial charge in [-0.05, 0) is 36.4 Å². The van der Waals surface area contributed by atoms with Crippen molar-refractivity contribution in [3.8, 4) is 17.2 Å². The highest BCUT2D eigenvalue weighted by atomic mass is 16.7. The Morgan fingerprint density at radius 2 is 1.57 bits per heavy atom. The highest BCUT2D eigenvalue weighted by molar-refractivity contribution is 6.32. The number of amides is 2. The Labute approximate surface area is 161 Å². The quantitative estimate of drug-likeness (QED) is 0.736. The molecule has 0 radical (unpaired) electrons. The first-order valence-electron chi connectivity index (χ1n) is 8.57. The maximum absolute atomic E-state index is 13.1. The second-order valence-electron chi connectivity index (χ2n) is 6.26. The van der Waals surface area contributed by atoms with Crippen molar-refractivity contribution in [1.82, 2.24) is 0 Å². The third-order valence-electron chi connectivity index (χ3n) is 4.83. The van der Waals surface area contributed by atoms with Gasteiger partial charge in [0.25, 0.3) is 5.91 Å². The molecule has 0 saturated carbocycles. The van der Waals surface area contributed by atoms with E-state index in [1.54, 1.807) is 56.7 Å². The average molecular weight is 382 g/mol. The van der Waals surface area contributed by atoms with Crippen LogP contribution in [-0.4, -0.2) is 45.0 Å². The molecule has 28 heavy (non-hydrogen) atoms. The maximum atomic E-state index is 13.1. The zero-order valence-electron chi connectivity index (χ0n) is 15.5. The van der Waals surface area contributed by atoms with Crippen molar-refractivity contribution < 1.29 is 28.6 Å². The van der Waals surface area contributed by atoms with E-state index < -0.39 is 23.8 Å². The van der Waals surface area contributed by atoms with Gasteiger partial charge in [0.15, 0.2) is 0 Å². The lowest BCUT2D eigenvalue weighted by atomic mass is 9.93. The Hall–Kier alpha value is -3.55. The first kappa shape index (κ1) is 17.8. The molecule has 8 heteroatoms. The molecule has 2 heterocycles. The molecule has 2 aromatic rings. The molecular weight excluding hydrogens is 364 g/mol. The Morgan fingerprint density at radius 1 is 0.893 bits per heavy atom. The van der Waals surface area contributed by atoms with Crippen molar-refractivity contribution in [2.45, 2.75) is 6.10 Å². The summed E-state index contributed by atoms with van der Waals surface area (Å²) >= 11 is 0. The topological polar surface area (TPSA) is 86.7 Å². The van der Waals surface area contributed by atoms with Crippen molar-refractivity contribution >= 4 is 23.2 Å². The number of oxime groups is 1. The van der Waals surface area contributed by atoms with Crippen LogP contribution in [0.4, 0.5) is 5.69 Å². The lowest BCUT2D eigenvalue weighted by Crippen LogP contribution is -2.33. The van der Waals surface area contributed by atoms with Gasteiger partial charge in [-0.3, -0.25) is 9.59 Å². The molecule has 2 aliphatic rings. The Bertz CT molecular complexity index is 969. The van der Waals surface area contributed by atoms with Crippen LogP contribution >= 0.6 is 0 Å². The molecular formula is C20H18N2O6. The van der Waals surface area contributed by atoms with Gasteiger partial charge in [-0.25, -0.2) is 4.90 Å². The summed E-state index contributed by atoms with van der Waals surface area (Å²) in [5, 5.41) is 4.02. The zero-order valence-corrected chi connectivity index (χ0v) is 15.5. The second-order valence-corrected chi connectivity index (χ2v) is 6.26. The molecule has 2 aromatic carbocycles. The highest BCUT2D eigenvalue weighted by Crippen LogP contribution is 2.38. The molecule has 0 aliphatic carbocycles. The first-order chi connectivity index (χ1) is 13.6. The maximum Gasteiger partial charge on any atom is 0.278 e. The van der Waals surface area contributed by atoms with Gasteiger partial charge in [-0.2, -0.15) is 0 Å². The van der Waals surface area contributed by atoms with E-state index in [2.05, 4.69) is 5.16 Å². The number of imide groups is 1. The summed E-state index contributed by atoms with van der Waals surface area (Å²) in [7, 11) is 4.61. The monoisotopic (exact) mass is 382 g/mol. The average Bonchev–Trinajstić information content (AvgIpc) is 3.27. The van der Waals surface area contributed by atoms with Crippen LogP contribution in [0.25, 0.3) is 0 Å². The van der Waals surface area contributed by atoms with Gasteiger partial charge in [0.05, 0.1) is 27.0 Å². The number of hydrogen-bond acceptors (Lipinski definition) is 7. The number of ether oxygens (including phenoxy) is 3. The minimum atomic E-state index is -0.989. The van der Waals surface area contributed by atoms with E-state index in [-0.39, 0.29) is 0 Å². The molecule has 2 amide bonds. The van der Waals surface area contributed by atoms with E-state index >= 15 is 0 Å². The van der Waals surface area contributed by atoms with E-state index in [1.165, 1.54) is 7.11 Å². The van der Waals surface area contributed by atoms with Crippen LogP contribution in [0.15, 0.2) is 47.6 Å². The number of benzene rings is 2. The first-order valence-corrected chi connectivity index (χ1v) is 8.57. The Morgan fingerprint density at radius 3 is 2.21 bits per heavy atom. The van der Waals surface area contributed by atoms with Crippen LogP contribution in [0.5, 0.6) is 17.2 Å². The molecule has 1 saturated heterocycles. The molecule has 0 unspecified atom stereocenters. The standard InChI is InChI=1S/C20H18N2O6/c1-25-12-6-4-11(5-7-12)22-19(23)16-17(21-28-18(16)20(22)24)14-9-8-13(26-2)10-15(14)27-3/h4-10,16,18H,1-3H3/t16-,18+/m0/s1. The number of carbonyl (C=O) groups excluding carboxylic acids is 2. The van der Waals surface area contributed by atoms with Gasteiger partial charge in [-0.1, -0.05) is 5.16 Å². The van der Waals surface area contributed by atoms with E-state index in [4.69, 9.17) is 19.0 Å². The smallest absolute Gasteiger partial charge is 0.278 e. The summed E-state index contributed by atoms with van der Waals surface area (Å²) in [5.74, 6) is 0.0259. The molecule has 0 bridgehead atoms. The summed E-state index contributed by atoms with van der Waals surface area (Å²) in [6, 6.07) is 11.8. The van der Waals surface area contributed by atoms with Crippen LogP contribution in [0.3, 0.4) is 0 Å². The fourth-order valence-corrected chi connectivity index (χ4v) is 3.40. The number of fused-ring (bicyclic) bond motifs is 1. The fraction of sp³-hybridized carbons (Fsp3) is 0.250. The molecule has 0 spiro atoms. The lowest BCUT2D eigenvalue weighted by Gasteiger charge is -2.16. The van der Waals surface area contributed by atoms with Crippen molar-refractivity contribution in [3.63, 3.8) is 0 Å². The van der Waals surface area contributed by atoms with E-state index in [0.717, 1.165) is 4.90 Å². The summed E-state index contributed by atoms with van der Waals surface area (Å²) in [5.41, 5.74) is 1.39. The van der Waals surface area contributed by atoms with Crippen molar-refractivity contribution in [2.75, 3.05) is 26.2 Å². The highest BCUT2D eigenvalue weighted by Gasteiger charge is 2.56. The third-order valence-corrected chi connectivity index (χ3v) is 4.83. The Kier molecular flexibility index (Phi) is 4.38. The van der Waals surface area contributed by atoms with Crippen molar-refractivity contribution in [3.05, 3.63) is 48.0 Å². The number of nitrogens with zero attached hydrogens (tertiary/aromatic N) is 2. The SMILES string of the molecule is COc1ccc(N2C(=O)[C@H]3C(c4ccc(OC)cc4OC)=NO[C@H]3C2=O)cc1. The molecule has 2 aliphatic heterocycles. The predicted molar refractivity (Wildman–Crippen MR) is 99.9 cm³/mol. The summed E-state index contributed by atoms with van der Waals surface area (Å²) in [6.45, 7) is 0. The Balaban J connectivity index is 1.69. The molecule has 2 atom stereocenters. The van der Waals surface area contributed by atoms with Crippen LogP contribution in [-0.2, 0) is 14.4 Å². The third kappa shape index (κ3) is 2.65. The fourth-order valence-electron chi connectivity index (χ4n) is 3.40. The lowest BCUT2D eigenvalue weighted by molar-refractivity contribution is -0.126. The van der Waals surface area contributed by atoms with Crippen LogP contribution in [0.2, 0.25) is 0 Å². The van der Waals surface area contributed by atoms with E-state index in [1.807, 2.05) is 0 Å². The van der Waals surface area contributed by atoms with Gasteiger partial charge in [0, 0.05) is 11.6 Å². The number of hydrogen-bond donors (Lipinski definition) is 0. The van der Waals surface area contributed by atoms with Gasteiger partial charge in [0.2, 0.25) is 12.0 Å². The summed E-state index contributed by atoms with van der Waals surface area (Å²) in [4.78, 5) is 32.4. The molecule has 1 fully saturated rings.